The van der Waals surface area contributed by atoms with Gasteiger partial charge in [0.1, 0.15) is 0 Å². The van der Waals surface area contributed by atoms with E-state index in [1.807, 2.05) is 30.3 Å². The standard InChI is InChI=1S/C19H21ClN2O3/c1-14(18(23)25-2)12-22(13-15-7-4-3-5-8-15)19(24)21-17-10-6-9-16(20)11-17/h3-11,14H,12-13H2,1-2H3,(H,21,24). The molecule has 1 unspecified atom stereocenters. The van der Waals surface area contributed by atoms with Gasteiger partial charge in [0.2, 0.25) is 0 Å². The van der Waals surface area contributed by atoms with Gasteiger partial charge in [-0.1, -0.05) is 54.9 Å². The number of esters is 1. The second-order valence-electron chi connectivity index (χ2n) is 5.73. The van der Waals surface area contributed by atoms with E-state index in [0.717, 1.165) is 5.56 Å². The Morgan fingerprint density at radius 3 is 2.52 bits per heavy atom. The van der Waals surface area contributed by atoms with Crippen molar-refractivity contribution in [3.05, 3.63) is 65.2 Å². The fourth-order valence-corrected chi connectivity index (χ4v) is 2.59. The van der Waals surface area contributed by atoms with Gasteiger partial charge in [0.25, 0.3) is 0 Å². The second-order valence-corrected chi connectivity index (χ2v) is 6.17. The summed E-state index contributed by atoms with van der Waals surface area (Å²) in [4.78, 5) is 26.0. The molecular weight excluding hydrogens is 340 g/mol. The molecule has 0 radical (unpaired) electrons. The van der Waals surface area contributed by atoms with Gasteiger partial charge in [0, 0.05) is 23.8 Å². The molecule has 0 fully saturated rings. The molecule has 0 saturated carbocycles. The highest BCUT2D eigenvalue weighted by molar-refractivity contribution is 6.30. The van der Waals surface area contributed by atoms with Gasteiger partial charge < -0.3 is 15.0 Å². The molecule has 0 heterocycles. The Kier molecular flexibility index (Phi) is 6.83. The number of nitrogens with one attached hydrogen (secondary N) is 1. The molecule has 0 spiro atoms. The summed E-state index contributed by atoms with van der Waals surface area (Å²) in [5.41, 5.74) is 1.57. The fraction of sp³-hybridized carbons (Fsp3) is 0.263. The Morgan fingerprint density at radius 1 is 1.16 bits per heavy atom. The van der Waals surface area contributed by atoms with Crippen LogP contribution in [0.25, 0.3) is 0 Å². The lowest BCUT2D eigenvalue weighted by atomic mass is 10.1. The number of halogens is 1. The Labute approximate surface area is 152 Å². The number of amides is 2. The smallest absolute Gasteiger partial charge is 0.322 e. The molecule has 1 N–H and O–H groups in total. The quantitative estimate of drug-likeness (QED) is 0.786. The van der Waals surface area contributed by atoms with Crippen LogP contribution >= 0.6 is 11.6 Å². The molecule has 0 saturated heterocycles. The predicted molar refractivity (Wildman–Crippen MR) is 98.5 cm³/mol. The monoisotopic (exact) mass is 360 g/mol. The first kappa shape index (κ1) is 18.8. The predicted octanol–water partition coefficient (Wildman–Crippen LogP) is 4.18. The molecule has 0 aliphatic rings. The number of carbonyl (C=O) groups is 2. The zero-order valence-corrected chi connectivity index (χ0v) is 15.0. The second kappa shape index (κ2) is 9.08. The van der Waals surface area contributed by atoms with Crippen LogP contribution in [0.2, 0.25) is 5.02 Å². The van der Waals surface area contributed by atoms with Crippen LogP contribution in [0.15, 0.2) is 54.6 Å². The zero-order chi connectivity index (χ0) is 18.2. The number of anilines is 1. The van der Waals surface area contributed by atoms with Crippen molar-refractivity contribution in [1.82, 2.24) is 4.90 Å². The third-order valence-electron chi connectivity index (χ3n) is 3.68. The number of nitrogens with zero attached hydrogens (tertiary/aromatic N) is 1. The van der Waals surface area contributed by atoms with Gasteiger partial charge in [0.05, 0.1) is 13.0 Å². The van der Waals surface area contributed by atoms with Crippen LogP contribution in [-0.4, -0.2) is 30.6 Å². The Hall–Kier alpha value is -2.53. The van der Waals surface area contributed by atoms with Crippen molar-refractivity contribution in [3.8, 4) is 0 Å². The van der Waals surface area contributed by atoms with E-state index in [0.29, 0.717) is 17.3 Å². The highest BCUT2D eigenvalue weighted by Gasteiger charge is 2.22. The Morgan fingerprint density at radius 2 is 1.88 bits per heavy atom. The maximum absolute atomic E-state index is 12.7. The molecule has 1 atom stereocenters. The summed E-state index contributed by atoms with van der Waals surface area (Å²) < 4.78 is 4.76. The van der Waals surface area contributed by atoms with Crippen LogP contribution in [0.1, 0.15) is 12.5 Å². The summed E-state index contributed by atoms with van der Waals surface area (Å²) in [6.45, 7) is 2.36. The molecule has 25 heavy (non-hydrogen) atoms. The average molecular weight is 361 g/mol. The molecule has 0 bridgehead atoms. The first-order chi connectivity index (χ1) is 12.0. The SMILES string of the molecule is COC(=O)C(C)CN(Cc1ccccc1)C(=O)Nc1cccc(Cl)c1. The van der Waals surface area contributed by atoms with E-state index in [-0.39, 0.29) is 18.5 Å². The molecule has 6 heteroatoms. The number of carbonyl (C=O) groups excluding carboxylic acids is 2. The molecule has 5 nitrogen and oxygen atoms in total. The third-order valence-corrected chi connectivity index (χ3v) is 3.91. The minimum absolute atomic E-state index is 0.244. The number of rotatable bonds is 6. The van der Waals surface area contributed by atoms with Gasteiger partial charge in [-0.25, -0.2) is 4.79 Å². The van der Waals surface area contributed by atoms with Crippen LogP contribution in [0, 0.1) is 5.92 Å². The first-order valence-electron chi connectivity index (χ1n) is 7.93. The van der Waals surface area contributed by atoms with E-state index in [4.69, 9.17) is 16.3 Å². The minimum Gasteiger partial charge on any atom is -0.469 e. The van der Waals surface area contributed by atoms with Crippen LogP contribution < -0.4 is 5.32 Å². The van der Waals surface area contributed by atoms with E-state index in [1.54, 1.807) is 36.1 Å². The molecular formula is C19H21ClN2O3. The van der Waals surface area contributed by atoms with Gasteiger partial charge in [-0.2, -0.15) is 0 Å². The van der Waals surface area contributed by atoms with Crippen molar-refractivity contribution in [2.45, 2.75) is 13.5 Å². The van der Waals surface area contributed by atoms with Crippen molar-refractivity contribution in [2.75, 3.05) is 19.0 Å². The Bertz CT molecular complexity index is 722. The van der Waals surface area contributed by atoms with Crippen molar-refractivity contribution in [1.29, 1.82) is 0 Å². The molecule has 2 rings (SSSR count). The van der Waals surface area contributed by atoms with Crippen LogP contribution in [0.4, 0.5) is 10.5 Å². The number of hydrogen-bond acceptors (Lipinski definition) is 3. The van der Waals surface area contributed by atoms with Gasteiger partial charge >= 0.3 is 12.0 Å². The van der Waals surface area contributed by atoms with E-state index < -0.39 is 5.92 Å². The van der Waals surface area contributed by atoms with Gasteiger partial charge in [0.15, 0.2) is 0 Å². The first-order valence-corrected chi connectivity index (χ1v) is 8.30. The summed E-state index contributed by atoms with van der Waals surface area (Å²) in [6, 6.07) is 16.2. The number of benzene rings is 2. The molecule has 0 aromatic heterocycles. The van der Waals surface area contributed by atoms with E-state index in [1.165, 1.54) is 7.11 Å². The maximum Gasteiger partial charge on any atom is 0.322 e. The van der Waals surface area contributed by atoms with Crippen LogP contribution in [0.3, 0.4) is 0 Å². The fourth-order valence-electron chi connectivity index (χ4n) is 2.40. The Balaban J connectivity index is 2.14. The molecule has 2 aromatic rings. The molecule has 0 aliphatic carbocycles. The van der Waals surface area contributed by atoms with Crippen LogP contribution in [0.5, 0.6) is 0 Å². The maximum atomic E-state index is 12.7. The summed E-state index contributed by atoms with van der Waals surface area (Å²) in [5, 5.41) is 3.35. The van der Waals surface area contributed by atoms with Crippen molar-refractivity contribution < 1.29 is 14.3 Å². The largest absolute Gasteiger partial charge is 0.469 e. The highest BCUT2D eigenvalue weighted by atomic mass is 35.5. The summed E-state index contributed by atoms with van der Waals surface area (Å²) >= 11 is 5.96. The molecule has 2 aromatic carbocycles. The minimum atomic E-state index is -0.432. The van der Waals surface area contributed by atoms with E-state index in [9.17, 15) is 9.59 Å². The van der Waals surface area contributed by atoms with E-state index >= 15 is 0 Å². The van der Waals surface area contributed by atoms with Gasteiger partial charge in [-0.15, -0.1) is 0 Å². The molecule has 0 aliphatic heterocycles. The zero-order valence-electron chi connectivity index (χ0n) is 14.2. The van der Waals surface area contributed by atoms with Crippen molar-refractivity contribution in [3.63, 3.8) is 0 Å². The topological polar surface area (TPSA) is 58.6 Å². The summed E-state index contributed by atoms with van der Waals surface area (Å²) in [5.74, 6) is -0.785. The number of methoxy groups -OCH3 is 1. The third kappa shape index (κ3) is 5.80. The number of hydrogen-bond donors (Lipinski definition) is 1. The molecule has 2 amide bonds. The van der Waals surface area contributed by atoms with E-state index in [2.05, 4.69) is 5.32 Å². The normalized spacial score (nSPS) is 11.5. The number of urea groups is 1. The van der Waals surface area contributed by atoms with Gasteiger partial charge in [-0.05, 0) is 23.8 Å². The van der Waals surface area contributed by atoms with Crippen molar-refractivity contribution in [2.24, 2.45) is 5.92 Å². The lowest BCUT2D eigenvalue weighted by Gasteiger charge is -2.25. The number of ether oxygens (including phenoxy) is 1. The summed E-state index contributed by atoms with van der Waals surface area (Å²) in [6.07, 6.45) is 0. The van der Waals surface area contributed by atoms with Crippen LogP contribution in [-0.2, 0) is 16.1 Å². The summed E-state index contributed by atoms with van der Waals surface area (Å²) in [7, 11) is 1.34. The lowest BCUT2D eigenvalue weighted by molar-refractivity contribution is -0.145. The van der Waals surface area contributed by atoms with Crippen molar-refractivity contribution >= 4 is 29.3 Å². The molecule has 132 valence electrons. The highest BCUT2D eigenvalue weighted by Crippen LogP contribution is 2.17. The lowest BCUT2D eigenvalue weighted by Crippen LogP contribution is -2.39. The average Bonchev–Trinajstić information content (AvgIpc) is 2.61. The van der Waals surface area contributed by atoms with Gasteiger partial charge in [-0.3, -0.25) is 4.79 Å².